The molecule has 0 saturated carbocycles. The predicted molar refractivity (Wildman–Crippen MR) is 165 cm³/mol. The summed E-state index contributed by atoms with van der Waals surface area (Å²) in [5.41, 5.74) is 6.36. The summed E-state index contributed by atoms with van der Waals surface area (Å²) < 4.78 is 28.0. The van der Waals surface area contributed by atoms with Crippen molar-refractivity contribution in [2.24, 2.45) is 0 Å². The Kier molecular flexibility index (Phi) is 8.65. The zero-order valence-corrected chi connectivity index (χ0v) is 24.4. The minimum absolute atomic E-state index is 0.0509. The van der Waals surface area contributed by atoms with Gasteiger partial charge in [-0.1, -0.05) is 42.5 Å². The van der Waals surface area contributed by atoms with Crippen LogP contribution >= 0.6 is 0 Å². The highest BCUT2D eigenvalue weighted by Gasteiger charge is 2.22. The van der Waals surface area contributed by atoms with Crippen LogP contribution in [0.15, 0.2) is 72.6 Å². The maximum atomic E-state index is 11.7. The van der Waals surface area contributed by atoms with E-state index in [-0.39, 0.29) is 5.75 Å². The van der Waals surface area contributed by atoms with E-state index >= 15 is 0 Å². The van der Waals surface area contributed by atoms with E-state index in [1.54, 1.807) is 6.20 Å². The van der Waals surface area contributed by atoms with E-state index in [1.165, 1.54) is 18.3 Å². The molecule has 1 aliphatic rings. The highest BCUT2D eigenvalue weighted by atomic mass is 32.2. The van der Waals surface area contributed by atoms with Gasteiger partial charge < -0.3 is 20.1 Å². The van der Waals surface area contributed by atoms with Crippen molar-refractivity contribution in [2.75, 3.05) is 35.4 Å². The van der Waals surface area contributed by atoms with Crippen LogP contribution in [0.1, 0.15) is 35.9 Å². The van der Waals surface area contributed by atoms with Gasteiger partial charge in [0.2, 0.25) is 21.9 Å². The summed E-state index contributed by atoms with van der Waals surface area (Å²) in [7, 11) is 0.210. The fraction of sp³-hybridized carbons (Fsp3) is 0.300. The van der Waals surface area contributed by atoms with Crippen molar-refractivity contribution in [3.63, 3.8) is 0 Å². The van der Waals surface area contributed by atoms with Crippen LogP contribution < -0.4 is 20.3 Å². The molecule has 0 saturated heterocycles. The minimum Gasteiger partial charge on any atom is -0.352 e. The van der Waals surface area contributed by atoms with Crippen LogP contribution in [-0.2, 0) is 36.0 Å². The zero-order chi connectivity index (χ0) is 28.8. The summed E-state index contributed by atoms with van der Waals surface area (Å²) in [6, 6.07) is 19.9. The van der Waals surface area contributed by atoms with Gasteiger partial charge >= 0.3 is 0 Å². The number of allylic oxidation sites excluding steroid dienone is 1. The quantitative estimate of drug-likeness (QED) is 0.226. The van der Waals surface area contributed by atoms with Gasteiger partial charge in [0.05, 0.1) is 11.4 Å². The normalized spacial score (nSPS) is 12.9. The molecule has 10 nitrogen and oxygen atoms in total. The molecule has 1 aliphatic carbocycles. The van der Waals surface area contributed by atoms with Crippen molar-refractivity contribution in [3.8, 4) is 0 Å². The van der Waals surface area contributed by atoms with Crippen molar-refractivity contribution in [1.29, 1.82) is 0 Å². The lowest BCUT2D eigenvalue weighted by atomic mass is 10.0. The summed E-state index contributed by atoms with van der Waals surface area (Å²) >= 11 is 0. The number of anilines is 4. The maximum absolute atomic E-state index is 11.7. The number of aromatic nitrogens is 4. The third kappa shape index (κ3) is 6.93. The van der Waals surface area contributed by atoms with Crippen LogP contribution in [0.4, 0.5) is 23.4 Å². The van der Waals surface area contributed by atoms with Crippen molar-refractivity contribution in [2.45, 2.75) is 39.3 Å². The Bertz CT molecular complexity index is 1620. The average molecular weight is 573 g/mol. The van der Waals surface area contributed by atoms with E-state index < -0.39 is 10.0 Å². The summed E-state index contributed by atoms with van der Waals surface area (Å²) in [6.45, 7) is 3.73. The molecule has 2 aromatic heterocycles. The summed E-state index contributed by atoms with van der Waals surface area (Å²) in [5.74, 6) is 2.21. The van der Waals surface area contributed by atoms with Crippen molar-refractivity contribution in [1.82, 2.24) is 24.2 Å². The number of nitrogens with one attached hydrogen (secondary N) is 3. The van der Waals surface area contributed by atoms with E-state index in [0.717, 1.165) is 60.3 Å². The lowest BCUT2D eigenvalue weighted by Gasteiger charge is -2.25. The topological polar surface area (TPSA) is 117 Å². The number of rotatable bonds is 12. The fourth-order valence-electron chi connectivity index (χ4n) is 4.86. The Morgan fingerprint density at radius 1 is 0.976 bits per heavy atom. The van der Waals surface area contributed by atoms with Crippen LogP contribution in [0.5, 0.6) is 0 Å². The molecule has 11 heteroatoms. The van der Waals surface area contributed by atoms with E-state index in [0.29, 0.717) is 12.4 Å². The second-order valence-electron chi connectivity index (χ2n) is 9.88. The molecule has 3 N–H and O–H groups in total. The Morgan fingerprint density at radius 3 is 2.49 bits per heavy atom. The van der Waals surface area contributed by atoms with Gasteiger partial charge in [0.1, 0.15) is 5.82 Å². The Hall–Kier alpha value is -4.22. The Balaban J connectivity index is 1.27. The van der Waals surface area contributed by atoms with Crippen LogP contribution in [0.2, 0.25) is 0 Å². The van der Waals surface area contributed by atoms with Gasteiger partial charge in [-0.25, -0.2) is 23.1 Å². The van der Waals surface area contributed by atoms with E-state index in [2.05, 4.69) is 54.9 Å². The minimum atomic E-state index is -3.23. The molecular formula is C30H36N8O2S. The van der Waals surface area contributed by atoms with E-state index in [9.17, 15) is 8.42 Å². The molecule has 5 rings (SSSR count). The van der Waals surface area contributed by atoms with Crippen LogP contribution in [0, 0.1) is 0 Å². The molecule has 0 atom stereocenters. The number of hydrogen-bond acceptors (Lipinski definition) is 8. The third-order valence-corrected chi connectivity index (χ3v) is 8.59. The highest BCUT2D eigenvalue weighted by Crippen LogP contribution is 2.30. The van der Waals surface area contributed by atoms with Gasteiger partial charge in [0.15, 0.2) is 0 Å². The first-order valence-electron chi connectivity index (χ1n) is 13.8. The van der Waals surface area contributed by atoms with Crippen molar-refractivity contribution in [3.05, 3.63) is 95.1 Å². The van der Waals surface area contributed by atoms with Gasteiger partial charge in [-0.3, -0.25) is 0 Å². The zero-order valence-electron chi connectivity index (χ0n) is 23.6. The molecule has 0 unspecified atom stereocenters. The van der Waals surface area contributed by atoms with Gasteiger partial charge in [0.25, 0.3) is 0 Å². The van der Waals surface area contributed by atoms with Gasteiger partial charge in [-0.15, -0.1) is 0 Å². The number of sulfonamides is 1. The first-order valence-corrected chi connectivity index (χ1v) is 15.4. The summed E-state index contributed by atoms with van der Waals surface area (Å²) in [6.07, 6.45) is 6.12. The number of fused-ring (bicyclic) bond motifs is 1. The summed E-state index contributed by atoms with van der Waals surface area (Å²) in [4.78, 5) is 16.2. The molecule has 4 aromatic rings. The number of hydrogen-bond donors (Lipinski definition) is 3. The lowest BCUT2D eigenvalue weighted by molar-refractivity contribution is 0.587. The van der Waals surface area contributed by atoms with E-state index in [4.69, 9.17) is 9.97 Å². The monoisotopic (exact) mass is 572 g/mol. The van der Waals surface area contributed by atoms with Gasteiger partial charge in [-0.2, -0.15) is 4.98 Å². The van der Waals surface area contributed by atoms with Crippen LogP contribution in [0.25, 0.3) is 6.08 Å². The molecular weight excluding hydrogens is 536 g/mol. The molecule has 2 heterocycles. The largest absolute Gasteiger partial charge is 0.352 e. The molecule has 0 fully saturated rings. The number of benzene rings is 2. The Labute approximate surface area is 241 Å². The number of imidazole rings is 1. The number of aryl methyl sites for hydroxylation is 1. The molecule has 0 radical (unpaired) electrons. The molecule has 0 bridgehead atoms. The first kappa shape index (κ1) is 28.3. The number of nitrogens with zero attached hydrogens (tertiary/aromatic N) is 5. The predicted octanol–water partition coefficient (Wildman–Crippen LogP) is 4.56. The highest BCUT2D eigenvalue weighted by molar-refractivity contribution is 7.89. The molecule has 41 heavy (non-hydrogen) atoms. The van der Waals surface area contributed by atoms with Crippen molar-refractivity contribution < 1.29 is 8.42 Å². The van der Waals surface area contributed by atoms with Gasteiger partial charge in [0, 0.05) is 43.4 Å². The second kappa shape index (κ2) is 12.5. The van der Waals surface area contributed by atoms with Crippen molar-refractivity contribution >= 4 is 39.5 Å². The smallest absolute Gasteiger partial charge is 0.229 e. The molecule has 214 valence electrons. The van der Waals surface area contributed by atoms with Gasteiger partial charge in [-0.05, 0) is 68.6 Å². The summed E-state index contributed by atoms with van der Waals surface area (Å²) in [5, 5.41) is 6.77. The molecule has 2 aromatic carbocycles. The average Bonchev–Trinajstić information content (AvgIpc) is 3.36. The molecule has 0 aliphatic heterocycles. The lowest BCUT2D eigenvalue weighted by Crippen LogP contribution is -2.23. The van der Waals surface area contributed by atoms with Crippen LogP contribution in [-0.4, -0.2) is 47.8 Å². The standard InChI is InChI=1S/C30H36N8O2S/c1-4-38-27-15-14-25(20-26(27)35-30(38)33-21-23-8-6-5-7-9-23)37(3)28-16-18-32-29(36-28)34-24-12-10-22(11-13-24)17-19-41(39,40)31-2/h5-13,16,18,20,31H,4,14-15,17,19,21H2,1-3H3,(H,33,35)(H,32,34,36). The molecule has 0 amide bonds. The molecule has 0 spiro atoms. The fourth-order valence-corrected chi connectivity index (χ4v) is 5.57. The van der Waals surface area contributed by atoms with E-state index in [1.807, 2.05) is 55.6 Å². The Morgan fingerprint density at radius 2 is 1.76 bits per heavy atom. The second-order valence-corrected chi connectivity index (χ2v) is 11.9. The SMILES string of the molecule is CCn1c(NCc2ccccc2)nc2c1CCC(N(C)c1ccnc(Nc3ccc(CCS(=O)(=O)NC)cc3)n1)=C2. The third-order valence-electron chi connectivity index (χ3n) is 7.23. The van der Waals surface area contributed by atoms with Crippen LogP contribution in [0.3, 0.4) is 0 Å². The first-order chi connectivity index (χ1) is 19.8. The maximum Gasteiger partial charge on any atom is 0.229 e.